The average molecular weight is 332 g/mol. The Kier molecular flexibility index (Phi) is 3.90. The topological polar surface area (TPSA) is 25.8 Å². The first-order valence-electron chi connectivity index (χ1n) is 5.79. The molecule has 19 heavy (non-hydrogen) atoms. The first-order chi connectivity index (χ1) is 9.11. The van der Waals surface area contributed by atoms with Crippen molar-refractivity contribution >= 4 is 46.6 Å². The molecule has 0 spiro atoms. The van der Waals surface area contributed by atoms with Gasteiger partial charge >= 0.3 is 0 Å². The number of benzene rings is 1. The summed E-state index contributed by atoms with van der Waals surface area (Å²) in [5.74, 6) is 1.32. The molecule has 1 saturated carbocycles. The second-order valence-corrected chi connectivity index (χ2v) is 6.63. The largest absolute Gasteiger partial charge is 0.226 e. The van der Waals surface area contributed by atoms with Gasteiger partial charge in [0.15, 0.2) is 0 Å². The van der Waals surface area contributed by atoms with Gasteiger partial charge in [0, 0.05) is 16.9 Å². The third-order valence-corrected chi connectivity index (χ3v) is 4.59. The van der Waals surface area contributed by atoms with Crippen molar-refractivity contribution in [2.45, 2.75) is 28.7 Å². The van der Waals surface area contributed by atoms with Gasteiger partial charge in [0.2, 0.25) is 0 Å². The second-order valence-electron chi connectivity index (χ2n) is 4.34. The standard InChI is InChI=1S/C13H9Cl3N2S/c14-9-4-3-8(5-10(9)15)19-12-6-11(16)17-13(18-12)7-1-2-7/h3-7H,1-2H2. The van der Waals surface area contributed by atoms with E-state index in [4.69, 9.17) is 34.8 Å². The first-order valence-corrected chi connectivity index (χ1v) is 7.74. The summed E-state index contributed by atoms with van der Waals surface area (Å²) in [5.41, 5.74) is 0. The monoisotopic (exact) mass is 330 g/mol. The van der Waals surface area contributed by atoms with Gasteiger partial charge in [-0.2, -0.15) is 0 Å². The summed E-state index contributed by atoms with van der Waals surface area (Å²) in [4.78, 5) is 9.77. The highest BCUT2D eigenvalue weighted by Crippen LogP contribution is 2.40. The van der Waals surface area contributed by atoms with Gasteiger partial charge in [0.1, 0.15) is 16.0 Å². The summed E-state index contributed by atoms with van der Waals surface area (Å²) in [5, 5.41) is 2.40. The Bertz CT molecular complexity index is 629. The highest BCUT2D eigenvalue weighted by atomic mass is 35.5. The van der Waals surface area contributed by atoms with Crippen LogP contribution in [0.5, 0.6) is 0 Å². The molecule has 0 bridgehead atoms. The summed E-state index contributed by atoms with van der Waals surface area (Å²) < 4.78 is 0. The minimum absolute atomic E-state index is 0.479. The van der Waals surface area contributed by atoms with E-state index in [1.807, 2.05) is 12.1 Å². The van der Waals surface area contributed by atoms with Crippen molar-refractivity contribution in [3.8, 4) is 0 Å². The molecule has 0 N–H and O–H groups in total. The smallest absolute Gasteiger partial charge is 0.134 e. The van der Waals surface area contributed by atoms with Gasteiger partial charge in [-0.1, -0.05) is 46.6 Å². The van der Waals surface area contributed by atoms with Gasteiger partial charge in [-0.15, -0.1) is 0 Å². The molecular formula is C13H9Cl3N2S. The molecule has 0 atom stereocenters. The van der Waals surface area contributed by atoms with Gasteiger partial charge in [-0.3, -0.25) is 0 Å². The fourth-order valence-electron chi connectivity index (χ4n) is 1.65. The van der Waals surface area contributed by atoms with E-state index < -0.39 is 0 Å². The van der Waals surface area contributed by atoms with E-state index in [-0.39, 0.29) is 0 Å². The molecule has 1 aromatic heterocycles. The van der Waals surface area contributed by atoms with Crippen molar-refractivity contribution < 1.29 is 0 Å². The maximum atomic E-state index is 6.03. The fraction of sp³-hybridized carbons (Fsp3) is 0.231. The Hall–Kier alpha value is -0.480. The Balaban J connectivity index is 1.87. The Morgan fingerprint density at radius 3 is 2.47 bits per heavy atom. The lowest BCUT2D eigenvalue weighted by Crippen LogP contribution is -1.94. The molecule has 98 valence electrons. The highest BCUT2D eigenvalue weighted by molar-refractivity contribution is 7.99. The quantitative estimate of drug-likeness (QED) is 0.698. The summed E-state index contributed by atoms with van der Waals surface area (Å²) in [6.07, 6.45) is 2.30. The third kappa shape index (κ3) is 3.34. The lowest BCUT2D eigenvalue weighted by atomic mass is 10.4. The maximum Gasteiger partial charge on any atom is 0.134 e. The lowest BCUT2D eigenvalue weighted by Gasteiger charge is -2.05. The molecule has 1 aliphatic rings. The average Bonchev–Trinajstić information content (AvgIpc) is 3.17. The van der Waals surface area contributed by atoms with E-state index in [9.17, 15) is 0 Å². The highest BCUT2D eigenvalue weighted by Gasteiger charge is 2.27. The minimum Gasteiger partial charge on any atom is -0.226 e. The molecular weight excluding hydrogens is 323 g/mol. The molecule has 1 heterocycles. The third-order valence-electron chi connectivity index (χ3n) is 2.74. The Labute approximate surface area is 130 Å². The van der Waals surface area contributed by atoms with Crippen LogP contribution in [-0.4, -0.2) is 9.97 Å². The Morgan fingerprint density at radius 1 is 1.00 bits per heavy atom. The van der Waals surface area contributed by atoms with Gasteiger partial charge in [0.05, 0.1) is 10.0 Å². The zero-order valence-electron chi connectivity index (χ0n) is 9.74. The van der Waals surface area contributed by atoms with Crippen LogP contribution in [0.1, 0.15) is 24.6 Å². The van der Waals surface area contributed by atoms with E-state index in [0.29, 0.717) is 21.1 Å². The summed E-state index contributed by atoms with van der Waals surface area (Å²) in [6, 6.07) is 7.27. The minimum atomic E-state index is 0.479. The second kappa shape index (κ2) is 5.49. The van der Waals surface area contributed by atoms with Crippen molar-refractivity contribution in [3.05, 3.63) is 45.3 Å². The molecule has 6 heteroatoms. The van der Waals surface area contributed by atoms with Crippen LogP contribution in [0.25, 0.3) is 0 Å². The van der Waals surface area contributed by atoms with E-state index in [1.54, 1.807) is 12.1 Å². The molecule has 0 aliphatic heterocycles. The van der Waals surface area contributed by atoms with Crippen molar-refractivity contribution in [1.29, 1.82) is 0 Å². The number of hydrogen-bond acceptors (Lipinski definition) is 3. The van der Waals surface area contributed by atoms with Gasteiger partial charge < -0.3 is 0 Å². The van der Waals surface area contributed by atoms with Crippen LogP contribution in [0.3, 0.4) is 0 Å². The molecule has 1 aliphatic carbocycles. The molecule has 1 fully saturated rings. The van der Waals surface area contributed by atoms with Gasteiger partial charge in [-0.25, -0.2) is 9.97 Å². The van der Waals surface area contributed by atoms with Crippen LogP contribution >= 0.6 is 46.6 Å². The number of halogens is 3. The van der Waals surface area contributed by atoms with Crippen LogP contribution in [-0.2, 0) is 0 Å². The molecule has 0 radical (unpaired) electrons. The van der Waals surface area contributed by atoms with E-state index in [0.717, 1.165) is 28.6 Å². The van der Waals surface area contributed by atoms with Gasteiger partial charge in [-0.05, 0) is 31.0 Å². The van der Waals surface area contributed by atoms with E-state index in [1.165, 1.54) is 11.8 Å². The summed E-state index contributed by atoms with van der Waals surface area (Å²) in [7, 11) is 0. The Morgan fingerprint density at radius 2 is 1.79 bits per heavy atom. The normalized spacial score (nSPS) is 14.7. The summed E-state index contributed by atoms with van der Waals surface area (Å²) >= 11 is 19.4. The number of nitrogens with zero attached hydrogens (tertiary/aromatic N) is 2. The van der Waals surface area contributed by atoms with Crippen molar-refractivity contribution in [2.24, 2.45) is 0 Å². The SMILES string of the molecule is Clc1cc(Sc2ccc(Cl)c(Cl)c2)nc(C2CC2)n1. The fourth-order valence-corrected chi connectivity index (χ4v) is 3.13. The van der Waals surface area contributed by atoms with Crippen molar-refractivity contribution in [2.75, 3.05) is 0 Å². The van der Waals surface area contributed by atoms with Crippen molar-refractivity contribution in [1.82, 2.24) is 9.97 Å². The number of aromatic nitrogens is 2. The predicted molar refractivity (Wildman–Crippen MR) is 79.6 cm³/mol. The molecule has 2 nitrogen and oxygen atoms in total. The van der Waals surface area contributed by atoms with Crippen LogP contribution in [0, 0.1) is 0 Å². The zero-order valence-corrected chi connectivity index (χ0v) is 12.8. The molecule has 2 aromatic rings. The molecule has 0 amide bonds. The van der Waals surface area contributed by atoms with E-state index >= 15 is 0 Å². The maximum absolute atomic E-state index is 6.03. The molecule has 0 saturated heterocycles. The van der Waals surface area contributed by atoms with Crippen LogP contribution in [0.4, 0.5) is 0 Å². The van der Waals surface area contributed by atoms with Crippen LogP contribution < -0.4 is 0 Å². The van der Waals surface area contributed by atoms with Gasteiger partial charge in [0.25, 0.3) is 0 Å². The van der Waals surface area contributed by atoms with Crippen LogP contribution in [0.15, 0.2) is 34.2 Å². The number of hydrogen-bond donors (Lipinski definition) is 0. The zero-order chi connectivity index (χ0) is 13.4. The first kappa shape index (κ1) is 13.5. The molecule has 3 rings (SSSR count). The lowest BCUT2D eigenvalue weighted by molar-refractivity contribution is 0.878. The molecule has 1 aromatic carbocycles. The summed E-state index contributed by atoms with van der Waals surface area (Å²) in [6.45, 7) is 0. The van der Waals surface area contributed by atoms with Crippen LogP contribution in [0.2, 0.25) is 15.2 Å². The van der Waals surface area contributed by atoms with Crippen molar-refractivity contribution in [3.63, 3.8) is 0 Å². The van der Waals surface area contributed by atoms with E-state index in [2.05, 4.69) is 9.97 Å². The molecule has 0 unspecified atom stereocenters. The predicted octanol–water partition coefficient (Wildman–Crippen LogP) is 5.47. The number of rotatable bonds is 3.